The second-order valence-corrected chi connectivity index (χ2v) is 3.28. The molecule has 86 valence electrons. The molecule has 2 heterocycles. The molecule has 0 fully saturated rings. The summed E-state index contributed by atoms with van der Waals surface area (Å²) in [6, 6.07) is 7.62. The zero-order valence-electron chi connectivity index (χ0n) is 8.70. The van der Waals surface area contributed by atoms with E-state index in [2.05, 4.69) is 9.97 Å². The topological polar surface area (TPSA) is 88.5 Å². The predicted molar refractivity (Wildman–Crippen MR) is 61.3 cm³/mol. The maximum atomic E-state index is 10.4. The van der Waals surface area contributed by atoms with Gasteiger partial charge >= 0.3 is 6.47 Å². The van der Waals surface area contributed by atoms with Crippen LogP contribution in [0.15, 0.2) is 36.8 Å². The highest BCUT2D eigenvalue weighted by molar-refractivity contribution is 6.01. The SMILES string of the molecule is O.O=COn1cnc2cnc3ccccc3c21. The van der Waals surface area contributed by atoms with Crippen molar-refractivity contribution in [1.29, 1.82) is 0 Å². The standard InChI is InChI=1S/C11H7N3O2.H2O/c15-7-16-14-6-13-10-5-12-9-4-2-1-3-8(9)11(10)14;/h1-7H;1H2. The van der Waals surface area contributed by atoms with Gasteiger partial charge in [-0.15, -0.1) is 0 Å². The Morgan fingerprint density at radius 2 is 2.00 bits per heavy atom. The van der Waals surface area contributed by atoms with E-state index in [1.165, 1.54) is 11.1 Å². The van der Waals surface area contributed by atoms with Crippen LogP contribution in [-0.2, 0) is 4.79 Å². The molecule has 0 aliphatic heterocycles. The molecule has 0 amide bonds. The lowest BCUT2D eigenvalue weighted by molar-refractivity contribution is -0.128. The van der Waals surface area contributed by atoms with Gasteiger partial charge in [0.2, 0.25) is 0 Å². The Labute approximate surface area is 95.7 Å². The summed E-state index contributed by atoms with van der Waals surface area (Å²) in [5.74, 6) is 0. The van der Waals surface area contributed by atoms with Crippen LogP contribution in [0.3, 0.4) is 0 Å². The first kappa shape index (κ1) is 11.0. The maximum absolute atomic E-state index is 10.4. The first-order chi connectivity index (χ1) is 7.90. The third kappa shape index (κ3) is 1.60. The number of aromatic nitrogens is 3. The van der Waals surface area contributed by atoms with Crippen LogP contribution in [0.1, 0.15) is 0 Å². The second kappa shape index (κ2) is 4.18. The van der Waals surface area contributed by atoms with Gasteiger partial charge in [-0.05, 0) is 6.07 Å². The average molecular weight is 231 g/mol. The number of hydrogen-bond acceptors (Lipinski definition) is 4. The molecule has 0 unspecified atom stereocenters. The monoisotopic (exact) mass is 231 g/mol. The summed E-state index contributed by atoms with van der Waals surface area (Å²) < 4.78 is 1.34. The van der Waals surface area contributed by atoms with Gasteiger partial charge in [0.05, 0.1) is 11.7 Å². The zero-order valence-corrected chi connectivity index (χ0v) is 8.70. The molecule has 3 rings (SSSR count). The van der Waals surface area contributed by atoms with Gasteiger partial charge in [0.15, 0.2) is 0 Å². The summed E-state index contributed by atoms with van der Waals surface area (Å²) in [5, 5.41) is 0.902. The van der Waals surface area contributed by atoms with E-state index in [1.54, 1.807) is 6.20 Å². The van der Waals surface area contributed by atoms with E-state index in [4.69, 9.17) is 4.84 Å². The number of nitrogens with zero attached hydrogens (tertiary/aromatic N) is 3. The van der Waals surface area contributed by atoms with Gasteiger partial charge in [-0.1, -0.05) is 18.2 Å². The summed E-state index contributed by atoms with van der Waals surface area (Å²) in [7, 11) is 0. The van der Waals surface area contributed by atoms with Crippen LogP contribution < -0.4 is 4.84 Å². The van der Waals surface area contributed by atoms with E-state index in [0.29, 0.717) is 12.0 Å². The number of pyridine rings is 1. The van der Waals surface area contributed by atoms with Crippen molar-refractivity contribution < 1.29 is 15.1 Å². The zero-order chi connectivity index (χ0) is 11.0. The maximum Gasteiger partial charge on any atom is 0.321 e. The minimum Gasteiger partial charge on any atom is -0.412 e. The molecule has 6 nitrogen and oxygen atoms in total. The van der Waals surface area contributed by atoms with Crippen LogP contribution in [-0.4, -0.2) is 26.6 Å². The van der Waals surface area contributed by atoms with Crippen molar-refractivity contribution in [3.8, 4) is 0 Å². The normalized spacial score (nSPS) is 10.1. The summed E-state index contributed by atoms with van der Waals surface area (Å²) in [5.41, 5.74) is 2.28. The Bertz CT molecular complexity index is 678. The van der Waals surface area contributed by atoms with E-state index in [-0.39, 0.29) is 5.48 Å². The Kier molecular flexibility index (Phi) is 2.71. The molecular formula is C11H9N3O3. The molecular weight excluding hydrogens is 222 g/mol. The second-order valence-electron chi connectivity index (χ2n) is 3.28. The smallest absolute Gasteiger partial charge is 0.321 e. The highest BCUT2D eigenvalue weighted by Crippen LogP contribution is 2.21. The van der Waals surface area contributed by atoms with Crippen molar-refractivity contribution in [1.82, 2.24) is 14.7 Å². The first-order valence-electron chi connectivity index (χ1n) is 4.72. The lowest BCUT2D eigenvalue weighted by Gasteiger charge is -2.02. The van der Waals surface area contributed by atoms with Gasteiger partial charge in [-0.3, -0.25) is 9.78 Å². The first-order valence-corrected chi connectivity index (χ1v) is 4.72. The van der Waals surface area contributed by atoms with Crippen molar-refractivity contribution in [2.45, 2.75) is 0 Å². The quantitative estimate of drug-likeness (QED) is 0.595. The van der Waals surface area contributed by atoms with Crippen LogP contribution in [0.25, 0.3) is 21.9 Å². The number of benzene rings is 1. The van der Waals surface area contributed by atoms with Gasteiger partial charge in [0.1, 0.15) is 17.4 Å². The van der Waals surface area contributed by atoms with Crippen molar-refractivity contribution in [3.05, 3.63) is 36.8 Å². The molecule has 1 aromatic carbocycles. The molecule has 0 aliphatic rings. The van der Waals surface area contributed by atoms with Crippen LogP contribution in [0.5, 0.6) is 0 Å². The van der Waals surface area contributed by atoms with Gasteiger partial charge in [-0.2, -0.15) is 4.73 Å². The fourth-order valence-electron chi connectivity index (χ4n) is 1.74. The molecule has 6 heteroatoms. The number of fused-ring (bicyclic) bond motifs is 3. The molecule has 0 saturated carbocycles. The Morgan fingerprint density at radius 1 is 1.18 bits per heavy atom. The van der Waals surface area contributed by atoms with E-state index in [0.717, 1.165) is 16.4 Å². The molecule has 0 saturated heterocycles. The summed E-state index contributed by atoms with van der Waals surface area (Å²) in [6.45, 7) is 0.371. The fraction of sp³-hybridized carbons (Fsp3) is 0. The van der Waals surface area contributed by atoms with Gasteiger partial charge in [0, 0.05) is 5.39 Å². The largest absolute Gasteiger partial charge is 0.412 e. The van der Waals surface area contributed by atoms with Crippen LogP contribution >= 0.6 is 0 Å². The van der Waals surface area contributed by atoms with Crippen LogP contribution in [0.2, 0.25) is 0 Å². The number of carbonyl (C=O) groups excluding carboxylic acids is 1. The highest BCUT2D eigenvalue weighted by Gasteiger charge is 2.08. The Balaban J connectivity index is 0.00000108. The summed E-state index contributed by atoms with van der Waals surface area (Å²) in [4.78, 5) is 23.5. The molecule has 0 spiro atoms. The summed E-state index contributed by atoms with van der Waals surface area (Å²) in [6.07, 6.45) is 3.11. The van der Waals surface area contributed by atoms with E-state index < -0.39 is 0 Å². The van der Waals surface area contributed by atoms with Crippen LogP contribution in [0, 0.1) is 0 Å². The predicted octanol–water partition coefficient (Wildman–Crippen LogP) is 0.345. The van der Waals surface area contributed by atoms with Gasteiger partial charge in [0.25, 0.3) is 0 Å². The molecule has 0 bridgehead atoms. The van der Waals surface area contributed by atoms with Crippen molar-refractivity contribution in [3.63, 3.8) is 0 Å². The van der Waals surface area contributed by atoms with E-state index >= 15 is 0 Å². The van der Waals surface area contributed by atoms with Crippen molar-refractivity contribution >= 4 is 28.4 Å². The number of carbonyl (C=O) groups is 1. The minimum atomic E-state index is 0. The lowest BCUT2D eigenvalue weighted by atomic mass is 10.2. The van der Waals surface area contributed by atoms with Crippen LogP contribution in [0.4, 0.5) is 0 Å². The molecule has 2 N–H and O–H groups in total. The molecule has 0 radical (unpaired) electrons. The van der Waals surface area contributed by atoms with Crippen molar-refractivity contribution in [2.24, 2.45) is 0 Å². The van der Waals surface area contributed by atoms with E-state index in [1.807, 2.05) is 24.3 Å². The Hall–Kier alpha value is -2.47. The highest BCUT2D eigenvalue weighted by atomic mass is 16.7. The molecule has 2 aromatic heterocycles. The molecule has 17 heavy (non-hydrogen) atoms. The van der Waals surface area contributed by atoms with E-state index in [9.17, 15) is 4.79 Å². The number of imidazole rings is 1. The number of rotatable bonds is 2. The third-order valence-electron chi connectivity index (χ3n) is 2.41. The lowest BCUT2D eigenvalue weighted by Crippen LogP contribution is -2.07. The molecule has 3 aromatic rings. The fourth-order valence-corrected chi connectivity index (χ4v) is 1.74. The van der Waals surface area contributed by atoms with Crippen molar-refractivity contribution in [2.75, 3.05) is 0 Å². The molecule has 0 atom stereocenters. The van der Waals surface area contributed by atoms with Gasteiger partial charge < -0.3 is 10.3 Å². The number of para-hydroxylation sites is 1. The average Bonchev–Trinajstić information content (AvgIpc) is 2.73. The third-order valence-corrected chi connectivity index (χ3v) is 2.41. The minimum absolute atomic E-state index is 0. The Morgan fingerprint density at radius 3 is 2.82 bits per heavy atom. The number of hydrogen-bond donors (Lipinski definition) is 0. The molecule has 0 aliphatic carbocycles. The summed E-state index contributed by atoms with van der Waals surface area (Å²) >= 11 is 0. The van der Waals surface area contributed by atoms with Gasteiger partial charge in [-0.25, -0.2) is 4.98 Å².